The molecule has 1 aromatic rings. The van der Waals surface area contributed by atoms with Crippen LogP contribution in [0.5, 0.6) is 0 Å². The van der Waals surface area contributed by atoms with Crippen LogP contribution in [0.15, 0.2) is 4.79 Å². The fraction of sp³-hybridized carbons (Fsp3) is 0.625. The van der Waals surface area contributed by atoms with Crippen molar-refractivity contribution in [2.45, 2.75) is 58.4 Å². The number of carbonyl (C=O) groups excluding carboxylic acids is 1. The molecule has 1 saturated carbocycles. The van der Waals surface area contributed by atoms with Crippen LogP contribution >= 0.6 is 0 Å². The monoisotopic (exact) mass is 321 g/mol. The number of aryl methyl sites for hydroxylation is 1. The first kappa shape index (κ1) is 17.2. The second kappa shape index (κ2) is 6.14. The first-order valence-corrected chi connectivity index (χ1v) is 7.74. The van der Waals surface area contributed by atoms with E-state index in [1.165, 1.54) is 0 Å². The largest absolute Gasteiger partial charge is 0.481 e. The van der Waals surface area contributed by atoms with Gasteiger partial charge in [0.2, 0.25) is 0 Å². The molecular formula is C16H23N3O4. The SMILES string of the molecule is Cc1nc(C(C)(C)C)[nH]c(=O)c1C(=O)N[C@H]1CC[C@@H](C(=O)O)C1. The van der Waals surface area contributed by atoms with E-state index in [1.54, 1.807) is 6.92 Å². The third-order valence-electron chi connectivity index (χ3n) is 4.15. The summed E-state index contributed by atoms with van der Waals surface area (Å²) in [5.41, 5.74) is -0.410. The van der Waals surface area contributed by atoms with E-state index in [9.17, 15) is 14.4 Å². The Morgan fingerprint density at radius 2 is 1.96 bits per heavy atom. The first-order chi connectivity index (χ1) is 10.6. The standard InChI is InChI=1S/C16H23N3O4/c1-8-11(13(21)19-15(17-8)16(2,3)4)12(20)18-10-6-5-9(7-10)14(22)23/h9-10H,5-7H2,1-4H3,(H,18,20)(H,22,23)(H,17,19,21)/t9-,10+/m1/s1. The summed E-state index contributed by atoms with van der Waals surface area (Å²) in [6, 6.07) is -0.218. The number of hydrogen-bond acceptors (Lipinski definition) is 4. The summed E-state index contributed by atoms with van der Waals surface area (Å²) in [5, 5.41) is 11.8. The van der Waals surface area contributed by atoms with Crippen LogP contribution < -0.4 is 10.9 Å². The highest BCUT2D eigenvalue weighted by molar-refractivity contribution is 5.95. The molecule has 1 heterocycles. The van der Waals surface area contributed by atoms with Crippen LogP contribution in [0.3, 0.4) is 0 Å². The van der Waals surface area contributed by atoms with Gasteiger partial charge in [0, 0.05) is 11.5 Å². The number of H-pyrrole nitrogens is 1. The van der Waals surface area contributed by atoms with Crippen LogP contribution in [0, 0.1) is 12.8 Å². The van der Waals surface area contributed by atoms with Gasteiger partial charge < -0.3 is 15.4 Å². The second-order valence-electron chi connectivity index (χ2n) is 7.14. The lowest BCUT2D eigenvalue weighted by Gasteiger charge is -2.19. The minimum atomic E-state index is -0.841. The van der Waals surface area contributed by atoms with Crippen LogP contribution in [0.1, 0.15) is 61.9 Å². The molecule has 1 amide bonds. The molecule has 3 N–H and O–H groups in total. The highest BCUT2D eigenvalue weighted by Crippen LogP contribution is 2.26. The van der Waals surface area contributed by atoms with Gasteiger partial charge in [0.15, 0.2) is 0 Å². The van der Waals surface area contributed by atoms with Gasteiger partial charge in [-0.25, -0.2) is 4.98 Å². The van der Waals surface area contributed by atoms with E-state index in [0.717, 1.165) is 0 Å². The normalized spacial score (nSPS) is 21.2. The maximum atomic E-state index is 12.4. The number of carboxylic acids is 1. The van der Waals surface area contributed by atoms with Gasteiger partial charge in [-0.15, -0.1) is 0 Å². The fourth-order valence-corrected chi connectivity index (χ4v) is 2.80. The number of aliphatic carboxylic acids is 1. The Kier molecular flexibility index (Phi) is 4.58. The summed E-state index contributed by atoms with van der Waals surface area (Å²) in [7, 11) is 0. The molecule has 0 unspecified atom stereocenters. The van der Waals surface area contributed by atoms with Crippen molar-refractivity contribution in [1.82, 2.24) is 15.3 Å². The minimum Gasteiger partial charge on any atom is -0.481 e. The third-order valence-corrected chi connectivity index (χ3v) is 4.15. The first-order valence-electron chi connectivity index (χ1n) is 7.74. The van der Waals surface area contributed by atoms with Gasteiger partial charge in [-0.05, 0) is 26.2 Å². The Bertz CT molecular complexity index is 688. The Balaban J connectivity index is 2.18. The Hall–Kier alpha value is -2.18. The zero-order chi connectivity index (χ0) is 17.4. The number of nitrogens with one attached hydrogen (secondary N) is 2. The van der Waals surface area contributed by atoms with E-state index in [-0.39, 0.29) is 17.0 Å². The van der Waals surface area contributed by atoms with E-state index >= 15 is 0 Å². The highest BCUT2D eigenvalue weighted by atomic mass is 16.4. The summed E-state index contributed by atoms with van der Waals surface area (Å²) in [4.78, 5) is 42.6. The molecule has 0 saturated heterocycles. The van der Waals surface area contributed by atoms with Crippen LogP contribution in [0.2, 0.25) is 0 Å². The molecule has 7 nitrogen and oxygen atoms in total. The molecule has 0 aromatic carbocycles. The number of nitrogens with zero attached hydrogens (tertiary/aromatic N) is 1. The van der Waals surface area contributed by atoms with Crippen molar-refractivity contribution in [3.8, 4) is 0 Å². The maximum absolute atomic E-state index is 12.4. The van der Waals surface area contributed by atoms with Crippen molar-refractivity contribution >= 4 is 11.9 Å². The maximum Gasteiger partial charge on any atom is 0.306 e. The molecule has 2 atom stereocenters. The highest BCUT2D eigenvalue weighted by Gasteiger charge is 2.31. The zero-order valence-corrected chi connectivity index (χ0v) is 13.9. The molecule has 0 aliphatic heterocycles. The van der Waals surface area contributed by atoms with E-state index < -0.39 is 23.4 Å². The second-order valence-corrected chi connectivity index (χ2v) is 7.14. The smallest absolute Gasteiger partial charge is 0.306 e. The molecule has 126 valence electrons. The lowest BCUT2D eigenvalue weighted by molar-refractivity contribution is -0.141. The van der Waals surface area contributed by atoms with E-state index in [0.29, 0.717) is 30.8 Å². The summed E-state index contributed by atoms with van der Waals surface area (Å²) in [6.07, 6.45) is 1.54. The molecule has 1 fully saturated rings. The average Bonchev–Trinajstić information content (AvgIpc) is 2.85. The summed E-state index contributed by atoms with van der Waals surface area (Å²) >= 11 is 0. The van der Waals surface area contributed by atoms with Crippen molar-refractivity contribution in [3.05, 3.63) is 27.4 Å². The Morgan fingerprint density at radius 3 is 2.43 bits per heavy atom. The van der Waals surface area contributed by atoms with Crippen LogP contribution in [0.4, 0.5) is 0 Å². The van der Waals surface area contributed by atoms with Gasteiger partial charge in [-0.3, -0.25) is 14.4 Å². The van der Waals surface area contributed by atoms with Gasteiger partial charge in [0.1, 0.15) is 11.4 Å². The number of rotatable bonds is 3. The lowest BCUT2D eigenvalue weighted by atomic mass is 9.95. The number of aromatic amines is 1. The van der Waals surface area contributed by atoms with Gasteiger partial charge in [0.25, 0.3) is 11.5 Å². The van der Waals surface area contributed by atoms with Crippen LogP contribution in [-0.4, -0.2) is 33.0 Å². The fourth-order valence-electron chi connectivity index (χ4n) is 2.80. The molecular weight excluding hydrogens is 298 g/mol. The van der Waals surface area contributed by atoms with E-state index in [1.807, 2.05) is 20.8 Å². The van der Waals surface area contributed by atoms with Crippen molar-refractivity contribution < 1.29 is 14.7 Å². The molecule has 1 aliphatic rings. The van der Waals surface area contributed by atoms with E-state index in [2.05, 4.69) is 15.3 Å². The van der Waals surface area contributed by atoms with Crippen LogP contribution in [-0.2, 0) is 10.2 Å². The third kappa shape index (κ3) is 3.78. The van der Waals surface area contributed by atoms with Gasteiger partial charge in [-0.1, -0.05) is 20.8 Å². The van der Waals surface area contributed by atoms with E-state index in [4.69, 9.17) is 5.11 Å². The molecule has 1 aliphatic carbocycles. The van der Waals surface area contributed by atoms with Gasteiger partial charge in [0.05, 0.1) is 11.6 Å². The Morgan fingerprint density at radius 1 is 1.30 bits per heavy atom. The zero-order valence-electron chi connectivity index (χ0n) is 13.9. The number of hydrogen-bond donors (Lipinski definition) is 3. The molecule has 0 bridgehead atoms. The van der Waals surface area contributed by atoms with Crippen molar-refractivity contribution in [1.29, 1.82) is 0 Å². The predicted octanol–water partition coefficient (Wildman–Crippen LogP) is 1.36. The quantitative estimate of drug-likeness (QED) is 0.778. The summed E-state index contributed by atoms with van der Waals surface area (Å²) in [5.74, 6) is -1.23. The molecule has 23 heavy (non-hydrogen) atoms. The number of aromatic nitrogens is 2. The molecule has 0 radical (unpaired) electrons. The Labute approximate surface area is 134 Å². The number of carbonyl (C=O) groups is 2. The van der Waals surface area contributed by atoms with Crippen molar-refractivity contribution in [2.75, 3.05) is 0 Å². The van der Waals surface area contributed by atoms with Gasteiger partial charge in [-0.2, -0.15) is 0 Å². The summed E-state index contributed by atoms with van der Waals surface area (Å²) in [6.45, 7) is 7.41. The number of carboxylic acid groups (broad SMARTS) is 1. The topological polar surface area (TPSA) is 112 Å². The van der Waals surface area contributed by atoms with Crippen molar-refractivity contribution in [2.24, 2.45) is 5.92 Å². The van der Waals surface area contributed by atoms with Gasteiger partial charge >= 0.3 is 5.97 Å². The number of amides is 1. The minimum absolute atomic E-state index is 0.00299. The van der Waals surface area contributed by atoms with Crippen LogP contribution in [0.25, 0.3) is 0 Å². The van der Waals surface area contributed by atoms with Crippen molar-refractivity contribution in [3.63, 3.8) is 0 Å². The molecule has 2 rings (SSSR count). The molecule has 7 heteroatoms. The average molecular weight is 321 g/mol. The molecule has 1 aromatic heterocycles. The lowest BCUT2D eigenvalue weighted by Crippen LogP contribution is -2.38. The predicted molar refractivity (Wildman–Crippen MR) is 84.5 cm³/mol. The summed E-state index contributed by atoms with van der Waals surface area (Å²) < 4.78 is 0. The molecule has 0 spiro atoms.